The van der Waals surface area contributed by atoms with Crippen molar-refractivity contribution in [2.45, 2.75) is 11.8 Å². The van der Waals surface area contributed by atoms with Gasteiger partial charge in [0.15, 0.2) is 5.82 Å². The second kappa shape index (κ2) is 10.3. The third kappa shape index (κ3) is 3.79. The van der Waals surface area contributed by atoms with Gasteiger partial charge in [-0.1, -0.05) is 115 Å². The van der Waals surface area contributed by atoms with Gasteiger partial charge in [0.2, 0.25) is 0 Å². The van der Waals surface area contributed by atoms with E-state index in [0.717, 1.165) is 66.7 Å². The van der Waals surface area contributed by atoms with E-state index in [0.29, 0.717) is 17.0 Å². The molecule has 0 spiro atoms. The Morgan fingerprint density at radius 1 is 0.551 bits per heavy atom. The molecule has 0 saturated carbocycles. The van der Waals surface area contributed by atoms with Crippen molar-refractivity contribution < 1.29 is 0 Å². The van der Waals surface area contributed by atoms with Crippen LogP contribution in [0.5, 0.6) is 0 Å². The first-order valence-corrected chi connectivity index (χ1v) is 16.4. The molecule has 11 rings (SSSR count). The van der Waals surface area contributed by atoms with Crippen molar-refractivity contribution >= 4 is 21.9 Å². The number of para-hydroxylation sites is 1. The molecule has 226 valence electrons. The van der Waals surface area contributed by atoms with Crippen LogP contribution in [0.3, 0.4) is 0 Å². The summed E-state index contributed by atoms with van der Waals surface area (Å²) in [6.45, 7) is 0. The molecule has 0 saturated heterocycles. The minimum atomic E-state index is -0.129. The first-order chi connectivity index (χ1) is 24.2. The molecule has 8 aromatic rings. The third-order valence-electron chi connectivity index (χ3n) is 10.3. The molecule has 5 heteroatoms. The number of fused-ring (bicyclic) bond motifs is 3. The molecule has 49 heavy (non-hydrogen) atoms. The van der Waals surface area contributed by atoms with E-state index in [9.17, 15) is 10.5 Å². The van der Waals surface area contributed by atoms with E-state index in [1.54, 1.807) is 0 Å². The molecule has 0 fully saturated rings. The number of aromatic nitrogens is 3. The average Bonchev–Trinajstić information content (AvgIpc) is 3.51. The van der Waals surface area contributed by atoms with E-state index in [1.165, 1.54) is 11.1 Å². The van der Waals surface area contributed by atoms with E-state index in [2.05, 4.69) is 83.4 Å². The Balaban J connectivity index is 1.31. The van der Waals surface area contributed by atoms with Crippen LogP contribution in [-0.4, -0.2) is 14.5 Å². The van der Waals surface area contributed by atoms with Crippen molar-refractivity contribution in [2.75, 3.05) is 0 Å². The summed E-state index contributed by atoms with van der Waals surface area (Å²) < 4.78 is 2.16. The fraction of sp³-hybridized carbons (Fsp3) is 0.0455. The topological polar surface area (TPSA) is 78.3 Å². The molecular weight excluding hydrogens is 599 g/mol. The largest absolute Gasteiger partial charge is 0.292 e. The summed E-state index contributed by atoms with van der Waals surface area (Å²) in [6.07, 6.45) is 0. The van der Waals surface area contributed by atoms with Crippen LogP contribution in [0.15, 0.2) is 140 Å². The van der Waals surface area contributed by atoms with Crippen LogP contribution in [0.1, 0.15) is 56.3 Å². The van der Waals surface area contributed by atoms with E-state index >= 15 is 0 Å². The van der Waals surface area contributed by atoms with Gasteiger partial charge < -0.3 is 0 Å². The zero-order valence-corrected chi connectivity index (χ0v) is 26.2. The quantitative estimate of drug-likeness (QED) is 0.196. The fourth-order valence-corrected chi connectivity index (χ4v) is 8.28. The standard InChI is InChI=1S/C44H25N5/c45-24-26-19-20-31-34(23-26)38-29-15-7-8-16-30(29)39(31)40-33(38)21-22-37(35(40)25-46)49-36-18-10-9-17-32(36)41-42(27-11-3-1-4-12-27)47-43(48-44(41)49)28-13-5-2-6-14-28/h1-23,38-39H. The Kier molecular flexibility index (Phi) is 5.76. The molecule has 2 heterocycles. The van der Waals surface area contributed by atoms with Gasteiger partial charge in [-0.2, -0.15) is 10.5 Å². The smallest absolute Gasteiger partial charge is 0.162 e. The van der Waals surface area contributed by atoms with Gasteiger partial charge in [0.25, 0.3) is 0 Å². The number of hydrogen-bond acceptors (Lipinski definition) is 4. The number of benzene rings is 6. The number of nitriles is 2. The molecular formula is C44H25N5. The lowest BCUT2D eigenvalue weighted by Crippen LogP contribution is -2.29. The van der Waals surface area contributed by atoms with E-state index in [1.807, 2.05) is 72.8 Å². The average molecular weight is 624 g/mol. The van der Waals surface area contributed by atoms with Crippen molar-refractivity contribution in [3.8, 4) is 40.5 Å². The molecule has 6 aromatic carbocycles. The van der Waals surface area contributed by atoms with Gasteiger partial charge in [-0.25, -0.2) is 9.97 Å². The van der Waals surface area contributed by atoms with Crippen LogP contribution in [0, 0.1) is 22.7 Å². The molecule has 0 amide bonds. The number of nitrogens with zero attached hydrogens (tertiary/aromatic N) is 5. The predicted octanol–water partition coefficient (Wildman–Crippen LogP) is 9.64. The second-order valence-corrected chi connectivity index (χ2v) is 12.7. The zero-order valence-electron chi connectivity index (χ0n) is 26.2. The third-order valence-corrected chi connectivity index (χ3v) is 10.3. The second-order valence-electron chi connectivity index (χ2n) is 12.7. The first-order valence-electron chi connectivity index (χ1n) is 16.4. The maximum absolute atomic E-state index is 11.1. The van der Waals surface area contributed by atoms with Crippen LogP contribution < -0.4 is 0 Å². The minimum Gasteiger partial charge on any atom is -0.292 e. The Morgan fingerprint density at radius 3 is 1.96 bits per heavy atom. The Hall–Kier alpha value is -6.82. The van der Waals surface area contributed by atoms with E-state index in [4.69, 9.17) is 9.97 Å². The lowest BCUT2D eigenvalue weighted by molar-refractivity contribution is 0.750. The summed E-state index contributed by atoms with van der Waals surface area (Å²) in [7, 11) is 0. The van der Waals surface area contributed by atoms with Crippen molar-refractivity contribution in [3.05, 3.63) is 184 Å². The predicted molar refractivity (Wildman–Crippen MR) is 191 cm³/mol. The van der Waals surface area contributed by atoms with Crippen LogP contribution in [0.4, 0.5) is 0 Å². The SMILES string of the molecule is N#Cc1ccc2c(c1)C1c3ccccc3C2c2c1ccc(-n1c3ccccc3c3c(-c4ccccc4)nc(-c4ccccc4)nc31)c2C#N. The van der Waals surface area contributed by atoms with Crippen molar-refractivity contribution in [3.63, 3.8) is 0 Å². The minimum absolute atomic E-state index is 0.0597. The maximum atomic E-state index is 11.1. The molecule has 0 aliphatic heterocycles. The normalized spacial score (nSPS) is 15.3. The molecule has 2 aromatic heterocycles. The lowest BCUT2D eigenvalue weighted by atomic mass is 9.60. The van der Waals surface area contributed by atoms with E-state index < -0.39 is 0 Å². The molecule has 0 N–H and O–H groups in total. The summed E-state index contributed by atoms with van der Waals surface area (Å²) in [5.74, 6) is 0.439. The van der Waals surface area contributed by atoms with Gasteiger partial charge in [-0.05, 0) is 57.6 Å². The highest BCUT2D eigenvalue weighted by molar-refractivity contribution is 6.14. The highest BCUT2D eigenvalue weighted by Gasteiger charge is 2.43. The molecule has 3 aliphatic rings. The van der Waals surface area contributed by atoms with Crippen LogP contribution in [-0.2, 0) is 0 Å². The highest BCUT2D eigenvalue weighted by atomic mass is 15.1. The van der Waals surface area contributed by atoms with Gasteiger partial charge in [0.05, 0.1) is 39.5 Å². The van der Waals surface area contributed by atoms with Crippen LogP contribution in [0.2, 0.25) is 0 Å². The lowest BCUT2D eigenvalue weighted by Gasteiger charge is -2.43. The summed E-state index contributed by atoms with van der Waals surface area (Å²) in [4.78, 5) is 10.5. The summed E-state index contributed by atoms with van der Waals surface area (Å²) in [5.41, 5.74) is 13.5. The summed E-state index contributed by atoms with van der Waals surface area (Å²) >= 11 is 0. The Bertz CT molecular complexity index is 2750. The first kappa shape index (κ1) is 27.3. The Morgan fingerprint density at radius 2 is 1.20 bits per heavy atom. The molecule has 2 atom stereocenters. The van der Waals surface area contributed by atoms with Crippen molar-refractivity contribution in [1.82, 2.24) is 14.5 Å². The molecule has 3 aliphatic carbocycles. The van der Waals surface area contributed by atoms with Gasteiger partial charge in [-0.15, -0.1) is 0 Å². The van der Waals surface area contributed by atoms with E-state index in [-0.39, 0.29) is 11.8 Å². The van der Waals surface area contributed by atoms with Gasteiger partial charge in [0.1, 0.15) is 11.7 Å². The van der Waals surface area contributed by atoms with Crippen molar-refractivity contribution in [1.29, 1.82) is 10.5 Å². The van der Waals surface area contributed by atoms with Crippen molar-refractivity contribution in [2.24, 2.45) is 0 Å². The molecule has 2 bridgehead atoms. The highest BCUT2D eigenvalue weighted by Crippen LogP contribution is 2.57. The zero-order chi connectivity index (χ0) is 32.6. The van der Waals surface area contributed by atoms with Gasteiger partial charge >= 0.3 is 0 Å². The summed E-state index contributed by atoms with van der Waals surface area (Å²) in [6, 6.07) is 52.5. The van der Waals surface area contributed by atoms with Crippen LogP contribution >= 0.6 is 0 Å². The number of rotatable bonds is 3. The van der Waals surface area contributed by atoms with Gasteiger partial charge in [0, 0.05) is 28.3 Å². The monoisotopic (exact) mass is 623 g/mol. The Labute approximate surface area is 282 Å². The molecule has 5 nitrogen and oxygen atoms in total. The van der Waals surface area contributed by atoms with Crippen LogP contribution in [0.25, 0.3) is 50.3 Å². The number of hydrogen-bond donors (Lipinski definition) is 0. The molecule has 2 unspecified atom stereocenters. The maximum Gasteiger partial charge on any atom is 0.162 e. The fourth-order valence-electron chi connectivity index (χ4n) is 8.28. The summed E-state index contributed by atoms with van der Waals surface area (Å²) in [5, 5.41) is 22.9. The van der Waals surface area contributed by atoms with Gasteiger partial charge in [-0.3, -0.25) is 4.57 Å². The molecule has 0 radical (unpaired) electrons.